The van der Waals surface area contributed by atoms with Gasteiger partial charge < -0.3 is 9.47 Å². The van der Waals surface area contributed by atoms with Crippen LogP contribution in [0.4, 0.5) is 0 Å². The van der Waals surface area contributed by atoms with Gasteiger partial charge in [0.05, 0.1) is 28.4 Å². The normalized spacial score (nSPS) is 14.1. The van der Waals surface area contributed by atoms with Crippen LogP contribution in [0.3, 0.4) is 0 Å². The Bertz CT molecular complexity index is 1710. The summed E-state index contributed by atoms with van der Waals surface area (Å²) < 4.78 is 15.8. The van der Waals surface area contributed by atoms with Crippen molar-refractivity contribution in [2.24, 2.45) is 0 Å². The molecule has 6 aromatic rings. The summed E-state index contributed by atoms with van der Waals surface area (Å²) in [6, 6.07) is 23.5. The van der Waals surface area contributed by atoms with Crippen LogP contribution in [0.1, 0.15) is 34.1 Å². The molecule has 5 heterocycles. The smallest absolute Gasteiger partial charge is 0.230 e. The Hall–Kier alpha value is -5.05. The van der Waals surface area contributed by atoms with Crippen molar-refractivity contribution < 1.29 is 9.47 Å². The van der Waals surface area contributed by atoms with E-state index in [1.165, 1.54) is 0 Å². The van der Waals surface area contributed by atoms with E-state index < -0.39 is 0 Å². The van der Waals surface area contributed by atoms with Gasteiger partial charge in [-0.05, 0) is 42.8 Å². The SMILES string of the molecule is Cc1nn(-c2ccccc2)c2c1[C@@H](c1cccnc1)c1c(ncn3nc(COc4ccccc4)nc13)O2. The minimum Gasteiger partial charge on any atom is -0.486 e. The van der Waals surface area contributed by atoms with Crippen LogP contribution in [0, 0.1) is 6.92 Å². The van der Waals surface area contributed by atoms with Gasteiger partial charge in [0.15, 0.2) is 11.5 Å². The molecule has 7 rings (SSSR count). The number of aryl methyl sites for hydroxylation is 1. The first-order valence-electron chi connectivity index (χ1n) is 11.9. The van der Waals surface area contributed by atoms with Gasteiger partial charge in [0.2, 0.25) is 11.8 Å². The van der Waals surface area contributed by atoms with Gasteiger partial charge in [-0.1, -0.05) is 42.5 Å². The second-order valence-corrected chi connectivity index (χ2v) is 8.73. The molecule has 0 amide bonds. The maximum Gasteiger partial charge on any atom is 0.230 e. The zero-order valence-corrected chi connectivity index (χ0v) is 19.9. The fraction of sp³-hybridized carbons (Fsp3) is 0.107. The molecule has 0 N–H and O–H groups in total. The lowest BCUT2D eigenvalue weighted by atomic mass is 9.85. The average molecular weight is 488 g/mol. The summed E-state index contributed by atoms with van der Waals surface area (Å²) in [6.45, 7) is 2.22. The highest BCUT2D eigenvalue weighted by molar-refractivity contribution is 5.66. The summed E-state index contributed by atoms with van der Waals surface area (Å²) in [5.74, 6) is 2.16. The lowest BCUT2D eigenvalue weighted by Crippen LogP contribution is -2.16. The van der Waals surface area contributed by atoms with E-state index in [9.17, 15) is 0 Å². The molecule has 0 unspecified atom stereocenters. The second-order valence-electron chi connectivity index (χ2n) is 8.73. The molecular weight excluding hydrogens is 466 g/mol. The highest BCUT2D eigenvalue weighted by Crippen LogP contribution is 2.49. The maximum absolute atomic E-state index is 6.44. The lowest BCUT2D eigenvalue weighted by molar-refractivity contribution is 0.296. The summed E-state index contributed by atoms with van der Waals surface area (Å²) in [6.07, 6.45) is 5.25. The monoisotopic (exact) mass is 487 g/mol. The van der Waals surface area contributed by atoms with E-state index in [1.54, 1.807) is 17.0 Å². The van der Waals surface area contributed by atoms with Crippen LogP contribution in [-0.2, 0) is 6.61 Å². The summed E-state index contributed by atoms with van der Waals surface area (Å²) in [4.78, 5) is 13.9. The van der Waals surface area contributed by atoms with Gasteiger partial charge in [-0.15, -0.1) is 5.10 Å². The van der Waals surface area contributed by atoms with Crippen LogP contribution in [0.5, 0.6) is 17.5 Å². The van der Waals surface area contributed by atoms with E-state index >= 15 is 0 Å². The number of hydrogen-bond acceptors (Lipinski definition) is 7. The van der Waals surface area contributed by atoms with Crippen LogP contribution in [-0.4, -0.2) is 34.3 Å². The minimum absolute atomic E-state index is 0.231. The van der Waals surface area contributed by atoms with Gasteiger partial charge in [0.25, 0.3) is 0 Å². The van der Waals surface area contributed by atoms with Gasteiger partial charge in [-0.2, -0.15) is 5.10 Å². The largest absolute Gasteiger partial charge is 0.486 e. The molecule has 9 heteroatoms. The third-order valence-corrected chi connectivity index (χ3v) is 6.39. The standard InChI is InChI=1S/C28H21N7O2/c1-18-23-24(19-9-8-14-29-15-19)25-26-31-22(16-36-21-12-6-3-7-13-21)33-34(26)17-30-27(25)37-28(23)35(32-18)20-10-4-2-5-11-20/h2-15,17,24H,16H2,1H3/t24-/m1/s1. The molecule has 9 nitrogen and oxygen atoms in total. The summed E-state index contributed by atoms with van der Waals surface area (Å²) in [7, 11) is 0. The van der Waals surface area contributed by atoms with Crippen molar-refractivity contribution in [1.29, 1.82) is 0 Å². The molecule has 180 valence electrons. The van der Waals surface area contributed by atoms with E-state index in [1.807, 2.05) is 84.5 Å². The van der Waals surface area contributed by atoms with Crippen LogP contribution in [0.2, 0.25) is 0 Å². The Morgan fingerprint density at radius 2 is 1.73 bits per heavy atom. The van der Waals surface area contributed by atoms with Crippen molar-refractivity contribution in [3.8, 4) is 23.2 Å². The number of para-hydroxylation sites is 2. The molecule has 1 aliphatic rings. The Balaban J connectivity index is 1.38. The van der Waals surface area contributed by atoms with Crippen molar-refractivity contribution >= 4 is 5.65 Å². The quantitative estimate of drug-likeness (QED) is 0.342. The van der Waals surface area contributed by atoms with Crippen LogP contribution >= 0.6 is 0 Å². The second kappa shape index (κ2) is 8.56. The molecule has 0 aliphatic carbocycles. The van der Waals surface area contributed by atoms with E-state index in [2.05, 4.69) is 21.1 Å². The highest BCUT2D eigenvalue weighted by Gasteiger charge is 2.38. The maximum atomic E-state index is 6.44. The molecule has 0 bridgehead atoms. The topological polar surface area (TPSA) is 92.3 Å². The molecule has 2 aromatic carbocycles. The minimum atomic E-state index is -0.242. The summed E-state index contributed by atoms with van der Waals surface area (Å²) in [5, 5.41) is 9.47. The first-order valence-corrected chi connectivity index (χ1v) is 11.9. The van der Waals surface area contributed by atoms with Crippen LogP contribution < -0.4 is 9.47 Å². The van der Waals surface area contributed by atoms with Gasteiger partial charge in [-0.3, -0.25) is 4.98 Å². The van der Waals surface area contributed by atoms with Gasteiger partial charge in [0.1, 0.15) is 18.7 Å². The molecule has 4 aromatic heterocycles. The predicted molar refractivity (Wildman–Crippen MR) is 135 cm³/mol. The number of nitrogens with zero attached hydrogens (tertiary/aromatic N) is 7. The third-order valence-electron chi connectivity index (χ3n) is 6.39. The molecule has 1 atom stereocenters. The number of hydrogen-bond donors (Lipinski definition) is 0. The van der Waals surface area contributed by atoms with Crippen molar-refractivity contribution in [1.82, 2.24) is 34.3 Å². The zero-order chi connectivity index (χ0) is 24.8. The van der Waals surface area contributed by atoms with Crippen molar-refractivity contribution in [3.05, 3.63) is 120 Å². The fourth-order valence-corrected chi connectivity index (χ4v) is 4.77. The number of ether oxygens (including phenoxy) is 2. The molecule has 0 spiro atoms. The van der Waals surface area contributed by atoms with E-state index in [-0.39, 0.29) is 12.5 Å². The van der Waals surface area contributed by atoms with Gasteiger partial charge in [0, 0.05) is 12.4 Å². The zero-order valence-electron chi connectivity index (χ0n) is 19.9. The fourth-order valence-electron chi connectivity index (χ4n) is 4.77. The molecule has 1 aliphatic heterocycles. The molecule has 0 saturated carbocycles. The molecular formula is C28H21N7O2. The van der Waals surface area contributed by atoms with Crippen molar-refractivity contribution in [2.75, 3.05) is 0 Å². The molecule has 0 saturated heterocycles. The third kappa shape index (κ3) is 3.59. The number of pyridine rings is 1. The Labute approximate surface area is 212 Å². The number of fused-ring (bicyclic) bond motifs is 4. The van der Waals surface area contributed by atoms with E-state index in [4.69, 9.17) is 19.6 Å². The lowest BCUT2D eigenvalue weighted by Gasteiger charge is -2.26. The average Bonchev–Trinajstić information content (AvgIpc) is 3.53. The van der Waals surface area contributed by atoms with Gasteiger partial charge >= 0.3 is 0 Å². The number of rotatable bonds is 5. The van der Waals surface area contributed by atoms with Crippen molar-refractivity contribution in [3.63, 3.8) is 0 Å². The Kier molecular flexibility index (Phi) is 4.92. The number of benzene rings is 2. The summed E-state index contributed by atoms with van der Waals surface area (Å²) in [5.41, 5.74) is 5.17. The summed E-state index contributed by atoms with van der Waals surface area (Å²) >= 11 is 0. The van der Waals surface area contributed by atoms with Gasteiger partial charge in [-0.25, -0.2) is 19.2 Å². The van der Waals surface area contributed by atoms with Crippen LogP contribution in [0.15, 0.2) is 91.5 Å². The van der Waals surface area contributed by atoms with Crippen LogP contribution in [0.25, 0.3) is 11.3 Å². The Morgan fingerprint density at radius 1 is 0.919 bits per heavy atom. The van der Waals surface area contributed by atoms with Crippen molar-refractivity contribution in [2.45, 2.75) is 19.4 Å². The molecule has 0 fully saturated rings. The first kappa shape index (κ1) is 21.3. The highest BCUT2D eigenvalue weighted by atomic mass is 16.5. The molecule has 0 radical (unpaired) electrons. The Morgan fingerprint density at radius 3 is 2.51 bits per heavy atom. The van der Waals surface area contributed by atoms with E-state index in [0.717, 1.165) is 33.8 Å². The first-order chi connectivity index (χ1) is 18.3. The van der Waals surface area contributed by atoms with E-state index in [0.29, 0.717) is 23.2 Å². The predicted octanol–water partition coefficient (Wildman–Crippen LogP) is 4.88. The molecule has 37 heavy (non-hydrogen) atoms. The number of aromatic nitrogens is 7.